The molecule has 2 aromatic heterocycles. The number of amides is 1. The second-order valence-electron chi connectivity index (χ2n) is 8.47. The van der Waals surface area contributed by atoms with Crippen molar-refractivity contribution in [1.82, 2.24) is 24.3 Å². The molecule has 1 saturated heterocycles. The van der Waals surface area contributed by atoms with E-state index in [1.165, 1.54) is 11.3 Å². The van der Waals surface area contributed by atoms with Gasteiger partial charge in [-0.2, -0.15) is 0 Å². The molecule has 6 heteroatoms. The van der Waals surface area contributed by atoms with Crippen LogP contribution in [0.3, 0.4) is 0 Å². The normalized spacial score (nSPS) is 18.2. The number of pyridine rings is 1. The van der Waals surface area contributed by atoms with Crippen molar-refractivity contribution in [3.63, 3.8) is 0 Å². The van der Waals surface area contributed by atoms with Crippen LogP contribution >= 0.6 is 0 Å². The molecule has 0 N–H and O–H groups in total. The number of nitrogens with zero attached hydrogens (tertiary/aromatic N) is 5. The number of hydrogen-bond donors (Lipinski definition) is 0. The summed E-state index contributed by atoms with van der Waals surface area (Å²) in [6.45, 7) is 6.72. The second-order valence-corrected chi connectivity index (χ2v) is 8.47. The van der Waals surface area contributed by atoms with E-state index in [2.05, 4.69) is 51.7 Å². The van der Waals surface area contributed by atoms with E-state index in [9.17, 15) is 4.79 Å². The third-order valence-corrected chi connectivity index (χ3v) is 6.92. The van der Waals surface area contributed by atoms with E-state index in [-0.39, 0.29) is 11.4 Å². The Labute approximate surface area is 183 Å². The molecule has 1 amide bonds. The van der Waals surface area contributed by atoms with Crippen LogP contribution in [0.1, 0.15) is 31.3 Å². The first kappa shape index (κ1) is 19.9. The maximum absolute atomic E-state index is 12.9. The Balaban J connectivity index is 1.38. The summed E-state index contributed by atoms with van der Waals surface area (Å²) in [4.78, 5) is 26.7. The van der Waals surface area contributed by atoms with Crippen molar-refractivity contribution in [3.05, 3.63) is 72.4 Å². The molecule has 31 heavy (non-hydrogen) atoms. The van der Waals surface area contributed by atoms with Crippen LogP contribution in [-0.2, 0) is 23.3 Å². The van der Waals surface area contributed by atoms with Gasteiger partial charge in [0, 0.05) is 38.1 Å². The SMILES string of the molecule is CCN1CCn2c(-c3ccccc3)cnc2C12CCN(C(=O)Cc1ccccn1)CC2. The summed E-state index contributed by atoms with van der Waals surface area (Å²) in [6, 6.07) is 16.3. The quantitative estimate of drug-likeness (QED) is 0.656. The lowest BCUT2D eigenvalue weighted by molar-refractivity contribution is -0.134. The van der Waals surface area contributed by atoms with Crippen molar-refractivity contribution in [3.8, 4) is 11.3 Å². The predicted octanol–water partition coefficient (Wildman–Crippen LogP) is 3.34. The minimum absolute atomic E-state index is 0.0954. The van der Waals surface area contributed by atoms with Gasteiger partial charge in [-0.25, -0.2) is 4.98 Å². The van der Waals surface area contributed by atoms with E-state index in [4.69, 9.17) is 4.98 Å². The number of rotatable bonds is 4. The van der Waals surface area contributed by atoms with E-state index in [0.29, 0.717) is 6.42 Å². The molecule has 0 saturated carbocycles. The molecule has 0 aliphatic carbocycles. The summed E-state index contributed by atoms with van der Waals surface area (Å²) in [7, 11) is 0. The molecule has 0 radical (unpaired) electrons. The number of imidazole rings is 1. The molecular formula is C25H29N5O. The minimum Gasteiger partial charge on any atom is -0.342 e. The number of carbonyl (C=O) groups is 1. The Kier molecular flexibility index (Phi) is 5.32. The highest BCUT2D eigenvalue weighted by Crippen LogP contribution is 2.42. The third kappa shape index (κ3) is 3.55. The van der Waals surface area contributed by atoms with Gasteiger partial charge in [-0.1, -0.05) is 43.3 Å². The van der Waals surface area contributed by atoms with Crippen molar-refractivity contribution < 1.29 is 4.79 Å². The molecule has 2 aliphatic rings. The molecule has 0 bridgehead atoms. The molecule has 4 heterocycles. The van der Waals surface area contributed by atoms with Gasteiger partial charge in [-0.15, -0.1) is 0 Å². The topological polar surface area (TPSA) is 54.3 Å². The van der Waals surface area contributed by atoms with E-state index in [1.54, 1.807) is 6.20 Å². The monoisotopic (exact) mass is 415 g/mol. The van der Waals surface area contributed by atoms with Gasteiger partial charge < -0.3 is 9.47 Å². The molecule has 1 spiro atoms. The van der Waals surface area contributed by atoms with Gasteiger partial charge >= 0.3 is 0 Å². The lowest BCUT2D eigenvalue weighted by atomic mass is 9.83. The van der Waals surface area contributed by atoms with E-state index in [1.807, 2.05) is 29.3 Å². The molecule has 160 valence electrons. The Bertz CT molecular complexity index is 1040. The van der Waals surface area contributed by atoms with Crippen LogP contribution in [0.15, 0.2) is 60.9 Å². The first-order valence-corrected chi connectivity index (χ1v) is 11.3. The second kappa shape index (κ2) is 8.27. The number of aromatic nitrogens is 3. The van der Waals surface area contributed by atoms with Gasteiger partial charge in [0.25, 0.3) is 0 Å². The van der Waals surface area contributed by atoms with Crippen molar-refractivity contribution in [2.45, 2.75) is 38.3 Å². The van der Waals surface area contributed by atoms with Crippen LogP contribution in [0.2, 0.25) is 0 Å². The zero-order valence-corrected chi connectivity index (χ0v) is 18.1. The van der Waals surface area contributed by atoms with Gasteiger partial charge in [-0.05, 0) is 37.1 Å². The van der Waals surface area contributed by atoms with Crippen LogP contribution < -0.4 is 0 Å². The highest BCUT2D eigenvalue weighted by atomic mass is 16.2. The highest BCUT2D eigenvalue weighted by molar-refractivity contribution is 5.78. The van der Waals surface area contributed by atoms with Crippen molar-refractivity contribution in [1.29, 1.82) is 0 Å². The van der Waals surface area contributed by atoms with Crippen molar-refractivity contribution >= 4 is 5.91 Å². The van der Waals surface area contributed by atoms with Crippen LogP contribution in [0.4, 0.5) is 0 Å². The molecule has 1 fully saturated rings. The van der Waals surface area contributed by atoms with E-state index >= 15 is 0 Å². The zero-order valence-electron chi connectivity index (χ0n) is 18.1. The lowest BCUT2D eigenvalue weighted by Crippen LogP contribution is -2.58. The summed E-state index contributed by atoms with van der Waals surface area (Å²) in [6.07, 6.45) is 5.99. The third-order valence-electron chi connectivity index (χ3n) is 6.92. The number of carbonyl (C=O) groups excluding carboxylic acids is 1. The lowest BCUT2D eigenvalue weighted by Gasteiger charge is -2.50. The summed E-state index contributed by atoms with van der Waals surface area (Å²) in [5.74, 6) is 1.33. The summed E-state index contributed by atoms with van der Waals surface area (Å²) < 4.78 is 2.41. The fourth-order valence-electron chi connectivity index (χ4n) is 5.29. The van der Waals surface area contributed by atoms with Gasteiger partial charge in [0.1, 0.15) is 5.82 Å². The maximum Gasteiger partial charge on any atom is 0.228 e. The average molecular weight is 416 g/mol. The number of benzene rings is 1. The predicted molar refractivity (Wildman–Crippen MR) is 120 cm³/mol. The van der Waals surface area contributed by atoms with Crippen LogP contribution in [0, 0.1) is 0 Å². The van der Waals surface area contributed by atoms with Gasteiger partial charge in [0.15, 0.2) is 0 Å². The maximum atomic E-state index is 12.9. The molecule has 1 aromatic carbocycles. The first-order valence-electron chi connectivity index (χ1n) is 11.3. The Hall–Kier alpha value is -2.99. The number of piperidine rings is 1. The van der Waals surface area contributed by atoms with Crippen molar-refractivity contribution in [2.75, 3.05) is 26.2 Å². The fourth-order valence-corrected chi connectivity index (χ4v) is 5.29. The van der Waals surface area contributed by atoms with Crippen LogP contribution in [0.5, 0.6) is 0 Å². The van der Waals surface area contributed by atoms with Gasteiger partial charge in [0.2, 0.25) is 5.91 Å². The number of likely N-dealkylation sites (tertiary alicyclic amines) is 1. The fraction of sp³-hybridized carbons (Fsp3) is 0.400. The Morgan fingerprint density at radius 1 is 0.968 bits per heavy atom. The molecule has 2 aliphatic heterocycles. The smallest absolute Gasteiger partial charge is 0.228 e. The Morgan fingerprint density at radius 3 is 2.45 bits per heavy atom. The zero-order chi connectivity index (χ0) is 21.3. The largest absolute Gasteiger partial charge is 0.342 e. The summed E-state index contributed by atoms with van der Waals surface area (Å²) in [5, 5.41) is 0. The standard InChI is InChI=1S/C25H29N5O/c1-2-29-16-17-30-22(20-8-4-3-5-9-20)19-27-24(30)25(29)11-14-28(15-12-25)23(31)18-21-10-6-7-13-26-21/h3-10,13,19H,2,11-12,14-18H2,1H3. The summed E-state index contributed by atoms with van der Waals surface area (Å²) >= 11 is 0. The van der Waals surface area contributed by atoms with Crippen LogP contribution in [0.25, 0.3) is 11.3 Å². The highest BCUT2D eigenvalue weighted by Gasteiger charge is 2.47. The van der Waals surface area contributed by atoms with E-state index in [0.717, 1.165) is 57.1 Å². The Morgan fingerprint density at radius 2 is 1.74 bits per heavy atom. The molecule has 3 aromatic rings. The van der Waals surface area contributed by atoms with Gasteiger partial charge in [-0.3, -0.25) is 14.7 Å². The van der Waals surface area contributed by atoms with E-state index < -0.39 is 0 Å². The minimum atomic E-state index is -0.0954. The molecule has 0 unspecified atom stereocenters. The first-order chi connectivity index (χ1) is 15.2. The van der Waals surface area contributed by atoms with Crippen LogP contribution in [-0.4, -0.2) is 56.4 Å². The van der Waals surface area contributed by atoms with Gasteiger partial charge in [0.05, 0.1) is 23.9 Å². The molecule has 0 atom stereocenters. The summed E-state index contributed by atoms with van der Waals surface area (Å²) in [5.41, 5.74) is 3.15. The molecule has 6 nitrogen and oxygen atoms in total. The number of fused-ring (bicyclic) bond motifs is 2. The molecule has 5 rings (SSSR count). The average Bonchev–Trinajstić information content (AvgIpc) is 3.26. The number of likely N-dealkylation sites (N-methyl/N-ethyl adjacent to an activating group) is 1. The number of hydrogen-bond acceptors (Lipinski definition) is 4. The van der Waals surface area contributed by atoms with Crippen molar-refractivity contribution in [2.24, 2.45) is 0 Å². The molecular weight excluding hydrogens is 386 g/mol.